The summed E-state index contributed by atoms with van der Waals surface area (Å²) in [6.45, 7) is 6.43. The van der Waals surface area contributed by atoms with Crippen molar-refractivity contribution >= 4 is 39.1 Å². The van der Waals surface area contributed by atoms with Crippen molar-refractivity contribution in [3.05, 3.63) is 94.5 Å². The fourth-order valence-electron chi connectivity index (χ4n) is 4.50. The fraction of sp³-hybridized carbons (Fsp3) is 0.355. The molecular weight excluding hydrogens is 603 g/mol. The summed E-state index contributed by atoms with van der Waals surface area (Å²) in [6, 6.07) is 15.9. The number of sulfonamides is 1. The molecule has 232 valence electrons. The number of hydrogen-bond donors (Lipinski definition) is 1. The van der Waals surface area contributed by atoms with Crippen LogP contribution >= 0.6 is 11.6 Å². The van der Waals surface area contributed by atoms with Gasteiger partial charge < -0.3 is 10.2 Å². The molecule has 0 aliphatic heterocycles. The molecule has 3 aromatic rings. The summed E-state index contributed by atoms with van der Waals surface area (Å²) in [4.78, 5) is 28.5. The Morgan fingerprint density at radius 3 is 2.21 bits per heavy atom. The molecule has 3 rings (SSSR count). The first-order chi connectivity index (χ1) is 20.2. The molecule has 0 aliphatic carbocycles. The molecule has 7 nitrogen and oxygen atoms in total. The summed E-state index contributed by atoms with van der Waals surface area (Å²) in [7, 11) is -4.54. The molecule has 43 heavy (non-hydrogen) atoms. The highest BCUT2D eigenvalue weighted by Crippen LogP contribution is 2.38. The van der Waals surface area contributed by atoms with Crippen LogP contribution in [0.25, 0.3) is 0 Å². The number of halogens is 4. The van der Waals surface area contributed by atoms with Gasteiger partial charge in [0.1, 0.15) is 12.6 Å². The lowest BCUT2D eigenvalue weighted by Gasteiger charge is -2.34. The second-order valence-electron chi connectivity index (χ2n) is 10.2. The van der Waals surface area contributed by atoms with E-state index in [0.717, 1.165) is 17.7 Å². The number of nitrogens with one attached hydrogen (secondary N) is 1. The minimum absolute atomic E-state index is 0.0272. The molecule has 12 heteroatoms. The van der Waals surface area contributed by atoms with E-state index < -0.39 is 56.9 Å². The Hall–Kier alpha value is -3.57. The van der Waals surface area contributed by atoms with E-state index in [4.69, 9.17) is 11.6 Å². The van der Waals surface area contributed by atoms with Crippen LogP contribution in [0.2, 0.25) is 5.02 Å². The Kier molecular flexibility index (Phi) is 11.3. The van der Waals surface area contributed by atoms with Gasteiger partial charge in [0, 0.05) is 12.6 Å². The van der Waals surface area contributed by atoms with Crippen LogP contribution in [0, 0.1) is 6.92 Å². The lowest BCUT2D eigenvalue weighted by Crippen LogP contribution is -2.53. The Balaban J connectivity index is 2.14. The van der Waals surface area contributed by atoms with Crippen LogP contribution in [0.1, 0.15) is 50.3 Å². The van der Waals surface area contributed by atoms with Gasteiger partial charge >= 0.3 is 6.18 Å². The number of alkyl halides is 3. The van der Waals surface area contributed by atoms with Crippen molar-refractivity contribution in [3.8, 4) is 0 Å². The predicted octanol–water partition coefficient (Wildman–Crippen LogP) is 6.58. The van der Waals surface area contributed by atoms with E-state index in [1.54, 1.807) is 25.1 Å². The third-order valence-electron chi connectivity index (χ3n) is 6.98. The third-order valence-corrected chi connectivity index (χ3v) is 9.09. The minimum atomic E-state index is -4.88. The Bertz CT molecular complexity index is 1530. The highest BCUT2D eigenvalue weighted by Gasteiger charge is 2.37. The zero-order valence-electron chi connectivity index (χ0n) is 24.4. The van der Waals surface area contributed by atoms with E-state index >= 15 is 0 Å². The molecule has 0 radical (unpaired) electrons. The van der Waals surface area contributed by atoms with Crippen molar-refractivity contribution in [1.29, 1.82) is 0 Å². The van der Waals surface area contributed by atoms with Crippen LogP contribution < -0.4 is 9.62 Å². The number of carbonyl (C=O) groups excluding carboxylic acids is 2. The van der Waals surface area contributed by atoms with Crippen molar-refractivity contribution in [2.45, 2.75) is 70.2 Å². The van der Waals surface area contributed by atoms with Crippen LogP contribution in [0.4, 0.5) is 18.9 Å². The molecular formula is C31H35ClF3N3O4S. The van der Waals surface area contributed by atoms with Gasteiger partial charge in [0.15, 0.2) is 0 Å². The van der Waals surface area contributed by atoms with E-state index in [1.165, 1.54) is 29.2 Å². The molecule has 0 saturated carbocycles. The molecule has 2 amide bonds. The number of aryl methyl sites for hydroxylation is 1. The quantitative estimate of drug-likeness (QED) is 0.243. The fourth-order valence-corrected chi connectivity index (χ4v) is 6.15. The van der Waals surface area contributed by atoms with E-state index in [2.05, 4.69) is 5.32 Å². The van der Waals surface area contributed by atoms with Crippen molar-refractivity contribution in [3.63, 3.8) is 0 Å². The summed E-state index contributed by atoms with van der Waals surface area (Å²) >= 11 is 5.82. The van der Waals surface area contributed by atoms with E-state index in [1.807, 2.05) is 32.9 Å². The van der Waals surface area contributed by atoms with Crippen molar-refractivity contribution < 1.29 is 31.2 Å². The number of anilines is 1. The summed E-state index contributed by atoms with van der Waals surface area (Å²) in [5.41, 5.74) is -0.0347. The minimum Gasteiger partial charge on any atom is -0.352 e. The Morgan fingerprint density at radius 1 is 0.953 bits per heavy atom. The van der Waals surface area contributed by atoms with Crippen molar-refractivity contribution in [2.24, 2.45) is 0 Å². The first-order valence-corrected chi connectivity index (χ1v) is 15.6. The van der Waals surface area contributed by atoms with Gasteiger partial charge in [-0.15, -0.1) is 0 Å². The van der Waals surface area contributed by atoms with E-state index in [9.17, 15) is 31.2 Å². The molecule has 0 fully saturated rings. The Morgan fingerprint density at radius 2 is 1.63 bits per heavy atom. The average Bonchev–Trinajstić information content (AvgIpc) is 2.95. The normalized spacial score (nSPS) is 13.2. The predicted molar refractivity (Wildman–Crippen MR) is 161 cm³/mol. The number of rotatable bonds is 12. The van der Waals surface area contributed by atoms with Gasteiger partial charge in [-0.05, 0) is 62.6 Å². The molecule has 0 heterocycles. The lowest BCUT2D eigenvalue weighted by molar-refractivity contribution is -0.140. The number of benzene rings is 3. The standard InChI is InChI=1S/C31H35ClF3N3O4S/c1-5-22(4)36-30(40)28(6-2)37(19-23-12-10-11-21(3)17-23)29(39)20-38(43(41,42)25-13-8-7-9-14-25)24-15-16-27(32)26(18-24)31(33,34)35/h7-18,22,28H,5-6,19-20H2,1-4H3,(H,36,40)/t22-,28-/m0/s1. The van der Waals surface area contributed by atoms with Gasteiger partial charge in [-0.2, -0.15) is 13.2 Å². The van der Waals surface area contributed by atoms with Gasteiger partial charge in [0.25, 0.3) is 10.0 Å². The molecule has 0 unspecified atom stereocenters. The maximum atomic E-state index is 14.1. The lowest BCUT2D eigenvalue weighted by atomic mass is 10.1. The molecule has 0 aliphatic rings. The molecule has 0 aromatic heterocycles. The summed E-state index contributed by atoms with van der Waals surface area (Å²) < 4.78 is 69.7. The highest BCUT2D eigenvalue weighted by molar-refractivity contribution is 7.92. The van der Waals surface area contributed by atoms with Crippen LogP contribution in [-0.4, -0.2) is 43.8 Å². The molecule has 0 bridgehead atoms. The largest absolute Gasteiger partial charge is 0.417 e. The van der Waals surface area contributed by atoms with E-state index in [-0.39, 0.29) is 23.9 Å². The van der Waals surface area contributed by atoms with Crippen LogP contribution in [0.5, 0.6) is 0 Å². The second-order valence-corrected chi connectivity index (χ2v) is 12.5. The van der Waals surface area contributed by atoms with Crippen molar-refractivity contribution in [2.75, 3.05) is 10.8 Å². The zero-order chi connectivity index (χ0) is 31.9. The van der Waals surface area contributed by atoms with Crippen LogP contribution in [0.15, 0.2) is 77.7 Å². The number of nitrogens with zero attached hydrogens (tertiary/aromatic N) is 2. The van der Waals surface area contributed by atoms with Crippen LogP contribution in [0.3, 0.4) is 0 Å². The zero-order valence-corrected chi connectivity index (χ0v) is 25.9. The average molecular weight is 638 g/mol. The summed E-state index contributed by atoms with van der Waals surface area (Å²) in [6.07, 6.45) is -4.02. The van der Waals surface area contributed by atoms with Gasteiger partial charge in [0.05, 0.1) is 21.2 Å². The summed E-state index contributed by atoms with van der Waals surface area (Å²) in [5.74, 6) is -1.18. The number of amides is 2. The van der Waals surface area contributed by atoms with Crippen LogP contribution in [-0.2, 0) is 32.3 Å². The van der Waals surface area contributed by atoms with E-state index in [0.29, 0.717) is 22.4 Å². The first kappa shape index (κ1) is 33.9. The molecule has 2 atom stereocenters. The number of hydrogen-bond acceptors (Lipinski definition) is 4. The Labute approximate surface area is 255 Å². The maximum absolute atomic E-state index is 14.1. The monoisotopic (exact) mass is 637 g/mol. The summed E-state index contributed by atoms with van der Waals surface area (Å²) in [5, 5.41) is 2.26. The first-order valence-electron chi connectivity index (χ1n) is 13.8. The third kappa shape index (κ3) is 8.51. The van der Waals surface area contributed by atoms with Gasteiger partial charge in [-0.25, -0.2) is 8.42 Å². The van der Waals surface area contributed by atoms with Gasteiger partial charge in [-0.3, -0.25) is 13.9 Å². The number of carbonyl (C=O) groups is 2. The highest BCUT2D eigenvalue weighted by atomic mass is 35.5. The molecule has 0 spiro atoms. The molecule has 0 saturated heterocycles. The smallest absolute Gasteiger partial charge is 0.352 e. The maximum Gasteiger partial charge on any atom is 0.417 e. The topological polar surface area (TPSA) is 86.8 Å². The van der Waals surface area contributed by atoms with Gasteiger partial charge in [0.2, 0.25) is 11.8 Å². The molecule has 1 N–H and O–H groups in total. The molecule has 3 aromatic carbocycles. The van der Waals surface area contributed by atoms with Crippen molar-refractivity contribution in [1.82, 2.24) is 10.2 Å². The van der Waals surface area contributed by atoms with Gasteiger partial charge in [-0.1, -0.05) is 73.5 Å². The second kappa shape index (κ2) is 14.3. The SMILES string of the molecule is CC[C@H](C)NC(=O)[C@H](CC)N(Cc1cccc(C)c1)C(=O)CN(c1ccc(Cl)c(C(F)(F)F)c1)S(=O)(=O)c1ccccc1.